The highest BCUT2D eigenvalue weighted by atomic mass is 16.7. The zero-order valence-electron chi connectivity index (χ0n) is 13.0. The molecule has 1 aliphatic heterocycles. The Labute approximate surface area is 135 Å². The number of esters is 1. The summed E-state index contributed by atoms with van der Waals surface area (Å²) < 4.78 is 15.9. The van der Waals surface area contributed by atoms with Gasteiger partial charge in [-0.15, -0.1) is 0 Å². The fourth-order valence-electron chi connectivity index (χ4n) is 2.44. The highest BCUT2D eigenvalue weighted by Gasteiger charge is 2.17. The number of hydrogen-bond acceptors (Lipinski definition) is 5. The van der Waals surface area contributed by atoms with Crippen molar-refractivity contribution in [1.29, 1.82) is 0 Å². The van der Waals surface area contributed by atoms with Crippen LogP contribution in [0, 0.1) is 0 Å². The summed E-state index contributed by atoms with van der Waals surface area (Å²) >= 11 is 0. The zero-order valence-corrected chi connectivity index (χ0v) is 13.0. The molecule has 0 bridgehead atoms. The Morgan fingerprint density at radius 3 is 2.48 bits per heavy atom. The second kappa shape index (κ2) is 7.15. The number of hydrogen-bond donors (Lipinski definition) is 1. The molecule has 0 fully saturated rings. The van der Waals surface area contributed by atoms with Gasteiger partial charge in [0.1, 0.15) is 6.61 Å². The van der Waals surface area contributed by atoms with Crippen molar-refractivity contribution in [2.75, 3.05) is 6.79 Å². The van der Waals surface area contributed by atoms with Gasteiger partial charge in [0.2, 0.25) is 6.79 Å². The molecule has 0 saturated heterocycles. The van der Waals surface area contributed by atoms with E-state index in [1.165, 1.54) is 12.5 Å². The molecule has 5 heteroatoms. The highest BCUT2D eigenvalue weighted by Crippen LogP contribution is 2.35. The molecule has 120 valence electrons. The minimum atomic E-state index is -0.300. The van der Waals surface area contributed by atoms with Crippen LogP contribution in [0.3, 0.4) is 0 Å². The van der Waals surface area contributed by atoms with Crippen molar-refractivity contribution in [1.82, 2.24) is 5.32 Å². The lowest BCUT2D eigenvalue weighted by molar-refractivity contribution is -0.142. The Morgan fingerprint density at radius 1 is 1.09 bits per heavy atom. The minimum Gasteiger partial charge on any atom is -0.461 e. The van der Waals surface area contributed by atoms with E-state index in [0.717, 1.165) is 23.4 Å². The number of carbonyl (C=O) groups is 1. The normalized spacial score (nSPS) is 12.2. The van der Waals surface area contributed by atoms with Gasteiger partial charge in [0.15, 0.2) is 11.5 Å². The molecule has 0 aliphatic carbocycles. The molecule has 1 heterocycles. The Balaban J connectivity index is 1.70. The first kappa shape index (κ1) is 15.4. The molecule has 0 aromatic heterocycles. The molecule has 2 aromatic rings. The van der Waals surface area contributed by atoms with Gasteiger partial charge in [0, 0.05) is 20.0 Å². The quantitative estimate of drug-likeness (QED) is 0.831. The van der Waals surface area contributed by atoms with Gasteiger partial charge in [-0.25, -0.2) is 0 Å². The molecule has 0 radical (unpaired) electrons. The van der Waals surface area contributed by atoms with Crippen molar-refractivity contribution in [2.24, 2.45) is 0 Å². The first-order valence-electron chi connectivity index (χ1n) is 7.52. The summed E-state index contributed by atoms with van der Waals surface area (Å²) in [5.41, 5.74) is 3.17. The van der Waals surface area contributed by atoms with Crippen LogP contribution < -0.4 is 14.8 Å². The lowest BCUT2D eigenvalue weighted by Crippen LogP contribution is -2.14. The smallest absolute Gasteiger partial charge is 0.302 e. The summed E-state index contributed by atoms with van der Waals surface area (Å²) in [5.74, 6) is 1.12. The van der Waals surface area contributed by atoms with Crippen molar-refractivity contribution in [3.8, 4) is 11.5 Å². The van der Waals surface area contributed by atoms with E-state index in [0.29, 0.717) is 12.3 Å². The predicted molar refractivity (Wildman–Crippen MR) is 85.0 cm³/mol. The summed E-state index contributed by atoms with van der Waals surface area (Å²) in [4.78, 5) is 11.1. The third kappa shape index (κ3) is 4.02. The number of fused-ring (bicyclic) bond motifs is 1. The standard InChI is InChI=1S/C18H19NO4/c1-13(20)21-11-16-8-18-17(22-12-23-18)7-15(16)10-19-9-14-5-3-2-4-6-14/h2-8,19H,9-12H2,1H3. The SMILES string of the molecule is CC(=O)OCc1cc2c(cc1CNCc1ccccc1)OCO2. The van der Waals surface area contributed by atoms with Crippen LogP contribution in [0.25, 0.3) is 0 Å². The van der Waals surface area contributed by atoms with E-state index < -0.39 is 0 Å². The zero-order chi connectivity index (χ0) is 16.1. The van der Waals surface area contributed by atoms with Gasteiger partial charge in [0.05, 0.1) is 0 Å². The van der Waals surface area contributed by atoms with E-state index in [-0.39, 0.29) is 19.4 Å². The van der Waals surface area contributed by atoms with Gasteiger partial charge in [0.25, 0.3) is 0 Å². The molecule has 0 atom stereocenters. The first-order valence-corrected chi connectivity index (χ1v) is 7.52. The average molecular weight is 313 g/mol. The third-order valence-electron chi connectivity index (χ3n) is 3.61. The van der Waals surface area contributed by atoms with E-state index in [2.05, 4.69) is 17.4 Å². The Bertz CT molecular complexity index is 685. The fraction of sp³-hybridized carbons (Fsp3) is 0.278. The molecule has 1 aliphatic rings. The van der Waals surface area contributed by atoms with E-state index >= 15 is 0 Å². The van der Waals surface area contributed by atoms with E-state index in [1.807, 2.05) is 30.3 Å². The van der Waals surface area contributed by atoms with Gasteiger partial charge in [-0.05, 0) is 28.8 Å². The molecule has 0 amide bonds. The average Bonchev–Trinajstić information content (AvgIpc) is 3.00. The number of ether oxygens (including phenoxy) is 3. The topological polar surface area (TPSA) is 56.8 Å². The largest absolute Gasteiger partial charge is 0.461 e. The van der Waals surface area contributed by atoms with Crippen LogP contribution in [0.2, 0.25) is 0 Å². The molecule has 0 spiro atoms. The molecule has 0 unspecified atom stereocenters. The van der Waals surface area contributed by atoms with Crippen LogP contribution in [0.15, 0.2) is 42.5 Å². The summed E-state index contributed by atoms with van der Waals surface area (Å²) in [6.45, 7) is 3.28. The summed E-state index contributed by atoms with van der Waals surface area (Å²) in [7, 11) is 0. The lowest BCUT2D eigenvalue weighted by Gasteiger charge is -2.12. The van der Waals surface area contributed by atoms with Crippen molar-refractivity contribution in [3.05, 3.63) is 59.2 Å². The number of nitrogens with one attached hydrogen (secondary N) is 1. The fourth-order valence-corrected chi connectivity index (χ4v) is 2.44. The first-order chi connectivity index (χ1) is 11.2. The van der Waals surface area contributed by atoms with Crippen molar-refractivity contribution >= 4 is 5.97 Å². The predicted octanol–water partition coefficient (Wildman–Crippen LogP) is 2.77. The van der Waals surface area contributed by atoms with Gasteiger partial charge in [-0.2, -0.15) is 0 Å². The van der Waals surface area contributed by atoms with Gasteiger partial charge < -0.3 is 19.5 Å². The Morgan fingerprint density at radius 2 is 1.78 bits per heavy atom. The van der Waals surface area contributed by atoms with Crippen LogP contribution in [-0.2, 0) is 29.2 Å². The monoisotopic (exact) mass is 313 g/mol. The van der Waals surface area contributed by atoms with Gasteiger partial charge >= 0.3 is 5.97 Å². The summed E-state index contributed by atoms with van der Waals surface area (Å²) in [6, 6.07) is 14.0. The maximum atomic E-state index is 11.1. The second-order valence-electron chi connectivity index (χ2n) is 5.34. The number of carbonyl (C=O) groups excluding carboxylic acids is 1. The molecule has 1 N–H and O–H groups in total. The van der Waals surface area contributed by atoms with Crippen molar-refractivity contribution < 1.29 is 19.0 Å². The highest BCUT2D eigenvalue weighted by molar-refractivity contribution is 5.66. The molecular formula is C18H19NO4. The van der Waals surface area contributed by atoms with Crippen LogP contribution in [0.4, 0.5) is 0 Å². The number of benzene rings is 2. The second-order valence-corrected chi connectivity index (χ2v) is 5.34. The molecular weight excluding hydrogens is 294 g/mol. The Hall–Kier alpha value is -2.53. The van der Waals surface area contributed by atoms with Crippen LogP contribution in [0.1, 0.15) is 23.6 Å². The van der Waals surface area contributed by atoms with Crippen molar-refractivity contribution in [2.45, 2.75) is 26.6 Å². The molecule has 23 heavy (non-hydrogen) atoms. The summed E-state index contributed by atoms with van der Waals surface area (Å²) in [6.07, 6.45) is 0. The summed E-state index contributed by atoms with van der Waals surface area (Å²) in [5, 5.41) is 3.40. The van der Waals surface area contributed by atoms with Crippen LogP contribution in [0.5, 0.6) is 11.5 Å². The molecule has 2 aromatic carbocycles. The van der Waals surface area contributed by atoms with Crippen molar-refractivity contribution in [3.63, 3.8) is 0 Å². The number of rotatable bonds is 6. The van der Waals surface area contributed by atoms with Gasteiger partial charge in [-0.3, -0.25) is 4.79 Å². The van der Waals surface area contributed by atoms with E-state index in [4.69, 9.17) is 14.2 Å². The molecule has 3 rings (SSSR count). The molecule has 5 nitrogen and oxygen atoms in total. The Kier molecular flexibility index (Phi) is 4.78. The maximum absolute atomic E-state index is 11.1. The van der Waals surface area contributed by atoms with Crippen LogP contribution >= 0.6 is 0 Å². The minimum absolute atomic E-state index is 0.225. The third-order valence-corrected chi connectivity index (χ3v) is 3.61. The van der Waals surface area contributed by atoms with E-state index in [1.54, 1.807) is 0 Å². The lowest BCUT2D eigenvalue weighted by atomic mass is 10.1. The molecule has 0 saturated carbocycles. The van der Waals surface area contributed by atoms with Crippen LogP contribution in [-0.4, -0.2) is 12.8 Å². The maximum Gasteiger partial charge on any atom is 0.302 e. The van der Waals surface area contributed by atoms with E-state index in [9.17, 15) is 4.79 Å². The van der Waals surface area contributed by atoms with Gasteiger partial charge in [-0.1, -0.05) is 30.3 Å².